The molecule has 3 rings (SSSR count). The average molecular weight is 339 g/mol. The molecule has 5 heteroatoms. The minimum Gasteiger partial charge on any atom is -0.457 e. The Bertz CT molecular complexity index is 862. The molecular formula is C20H15F2NO2. The first-order valence-corrected chi connectivity index (χ1v) is 7.66. The van der Waals surface area contributed by atoms with Crippen molar-refractivity contribution >= 4 is 5.91 Å². The van der Waals surface area contributed by atoms with Gasteiger partial charge in [-0.25, -0.2) is 8.78 Å². The summed E-state index contributed by atoms with van der Waals surface area (Å²) in [5, 5.41) is 2.77. The third-order valence-electron chi connectivity index (χ3n) is 3.51. The maximum Gasteiger partial charge on any atom is 0.251 e. The lowest BCUT2D eigenvalue weighted by Crippen LogP contribution is -2.22. The van der Waals surface area contributed by atoms with Gasteiger partial charge < -0.3 is 10.1 Å². The summed E-state index contributed by atoms with van der Waals surface area (Å²) in [6.45, 7) is 0.302. The van der Waals surface area contributed by atoms with Crippen LogP contribution >= 0.6 is 0 Å². The molecule has 0 unspecified atom stereocenters. The van der Waals surface area contributed by atoms with E-state index in [9.17, 15) is 13.6 Å². The lowest BCUT2D eigenvalue weighted by atomic mass is 10.2. The van der Waals surface area contributed by atoms with Crippen LogP contribution in [-0.4, -0.2) is 5.91 Å². The highest BCUT2D eigenvalue weighted by Gasteiger charge is 2.06. The summed E-state index contributed by atoms with van der Waals surface area (Å²) in [6, 6.07) is 18.3. The zero-order valence-electron chi connectivity index (χ0n) is 13.2. The van der Waals surface area contributed by atoms with E-state index in [4.69, 9.17) is 4.74 Å². The number of carbonyl (C=O) groups is 1. The zero-order valence-corrected chi connectivity index (χ0v) is 13.2. The van der Waals surface area contributed by atoms with Gasteiger partial charge in [0.1, 0.15) is 23.1 Å². The average Bonchev–Trinajstić information content (AvgIpc) is 2.63. The van der Waals surface area contributed by atoms with Crippen LogP contribution < -0.4 is 10.1 Å². The summed E-state index contributed by atoms with van der Waals surface area (Å²) in [5.41, 5.74) is 1.23. The van der Waals surface area contributed by atoms with Crippen molar-refractivity contribution in [3.8, 4) is 11.5 Å². The molecule has 0 saturated heterocycles. The predicted octanol–water partition coefficient (Wildman–Crippen LogP) is 4.69. The Morgan fingerprint density at radius 2 is 1.48 bits per heavy atom. The Kier molecular flexibility index (Phi) is 5.04. The topological polar surface area (TPSA) is 38.3 Å². The number of halogens is 2. The second-order valence-electron chi connectivity index (χ2n) is 5.39. The molecule has 3 aromatic carbocycles. The second kappa shape index (κ2) is 7.57. The molecule has 0 bridgehead atoms. The third kappa shape index (κ3) is 4.64. The van der Waals surface area contributed by atoms with Gasteiger partial charge in [-0.1, -0.05) is 12.1 Å². The van der Waals surface area contributed by atoms with Gasteiger partial charge in [0, 0.05) is 12.1 Å². The molecule has 0 aromatic heterocycles. The van der Waals surface area contributed by atoms with Crippen LogP contribution in [0, 0.1) is 11.6 Å². The highest BCUT2D eigenvalue weighted by molar-refractivity contribution is 5.94. The van der Waals surface area contributed by atoms with Gasteiger partial charge in [0.15, 0.2) is 0 Å². The van der Waals surface area contributed by atoms with Crippen molar-refractivity contribution in [3.63, 3.8) is 0 Å². The Labute approximate surface area is 143 Å². The van der Waals surface area contributed by atoms with E-state index in [1.165, 1.54) is 48.5 Å². The summed E-state index contributed by atoms with van der Waals surface area (Å²) in [7, 11) is 0. The van der Waals surface area contributed by atoms with Crippen molar-refractivity contribution in [2.75, 3.05) is 0 Å². The Morgan fingerprint density at radius 1 is 0.840 bits per heavy atom. The first-order chi connectivity index (χ1) is 12.1. The smallest absolute Gasteiger partial charge is 0.251 e. The van der Waals surface area contributed by atoms with E-state index < -0.39 is 0 Å². The molecule has 0 spiro atoms. The highest BCUT2D eigenvalue weighted by atomic mass is 19.1. The maximum absolute atomic E-state index is 12.9. The van der Waals surface area contributed by atoms with E-state index in [1.807, 2.05) is 6.07 Å². The van der Waals surface area contributed by atoms with E-state index in [2.05, 4.69) is 5.32 Å². The minimum atomic E-state index is -0.387. The van der Waals surface area contributed by atoms with Crippen LogP contribution in [0.5, 0.6) is 11.5 Å². The van der Waals surface area contributed by atoms with Gasteiger partial charge in [-0.3, -0.25) is 4.79 Å². The van der Waals surface area contributed by atoms with Crippen LogP contribution in [0.4, 0.5) is 8.78 Å². The van der Waals surface area contributed by atoms with Crippen LogP contribution in [0.2, 0.25) is 0 Å². The standard InChI is InChI=1S/C20H15F2NO2/c21-16-6-4-15(5-7-16)20(24)23-13-14-2-1-3-19(12-14)25-18-10-8-17(22)9-11-18/h1-12H,13H2,(H,23,24). The Morgan fingerprint density at radius 3 is 2.16 bits per heavy atom. The van der Waals surface area contributed by atoms with Crippen LogP contribution in [0.3, 0.4) is 0 Å². The molecule has 1 amide bonds. The number of benzene rings is 3. The molecule has 25 heavy (non-hydrogen) atoms. The molecule has 0 saturated carbocycles. The van der Waals surface area contributed by atoms with Crippen LogP contribution in [0.1, 0.15) is 15.9 Å². The third-order valence-corrected chi connectivity index (χ3v) is 3.51. The first-order valence-electron chi connectivity index (χ1n) is 7.66. The Balaban J connectivity index is 1.62. The fraction of sp³-hybridized carbons (Fsp3) is 0.0500. The molecule has 1 N–H and O–H groups in total. The molecule has 0 aliphatic rings. The molecule has 0 radical (unpaired) electrons. The molecule has 0 heterocycles. The number of hydrogen-bond acceptors (Lipinski definition) is 2. The van der Waals surface area contributed by atoms with E-state index in [0.29, 0.717) is 23.6 Å². The number of nitrogens with one attached hydrogen (secondary N) is 1. The number of ether oxygens (including phenoxy) is 1. The number of hydrogen-bond donors (Lipinski definition) is 1. The van der Waals surface area contributed by atoms with Gasteiger partial charge in [-0.2, -0.15) is 0 Å². The molecule has 0 aliphatic heterocycles. The Hall–Kier alpha value is -3.21. The zero-order chi connectivity index (χ0) is 17.6. The monoisotopic (exact) mass is 339 g/mol. The van der Waals surface area contributed by atoms with Crippen LogP contribution in [0.15, 0.2) is 72.8 Å². The van der Waals surface area contributed by atoms with Gasteiger partial charge in [-0.15, -0.1) is 0 Å². The van der Waals surface area contributed by atoms with Crippen molar-refractivity contribution in [2.45, 2.75) is 6.54 Å². The number of amides is 1. The summed E-state index contributed by atoms with van der Waals surface area (Å²) in [4.78, 5) is 12.0. The molecule has 126 valence electrons. The largest absolute Gasteiger partial charge is 0.457 e. The van der Waals surface area contributed by atoms with Crippen molar-refractivity contribution in [3.05, 3.63) is 95.6 Å². The molecular weight excluding hydrogens is 324 g/mol. The molecule has 0 atom stereocenters. The van der Waals surface area contributed by atoms with Gasteiger partial charge in [0.2, 0.25) is 0 Å². The second-order valence-corrected chi connectivity index (χ2v) is 5.39. The van der Waals surface area contributed by atoms with E-state index in [1.54, 1.807) is 18.2 Å². The van der Waals surface area contributed by atoms with Gasteiger partial charge in [0.25, 0.3) is 5.91 Å². The SMILES string of the molecule is O=C(NCc1cccc(Oc2ccc(F)cc2)c1)c1ccc(F)cc1. The van der Waals surface area contributed by atoms with Gasteiger partial charge in [-0.05, 0) is 66.2 Å². The summed E-state index contributed by atoms with van der Waals surface area (Å²) in [6.07, 6.45) is 0. The molecule has 0 aliphatic carbocycles. The van der Waals surface area contributed by atoms with Gasteiger partial charge >= 0.3 is 0 Å². The number of carbonyl (C=O) groups excluding carboxylic acids is 1. The van der Waals surface area contributed by atoms with Crippen LogP contribution in [0.25, 0.3) is 0 Å². The van der Waals surface area contributed by atoms with E-state index >= 15 is 0 Å². The molecule has 3 aromatic rings. The first kappa shape index (κ1) is 16.6. The maximum atomic E-state index is 12.9. The molecule has 0 fully saturated rings. The predicted molar refractivity (Wildman–Crippen MR) is 90.5 cm³/mol. The van der Waals surface area contributed by atoms with Crippen LogP contribution in [-0.2, 0) is 6.54 Å². The van der Waals surface area contributed by atoms with Gasteiger partial charge in [0.05, 0.1) is 0 Å². The summed E-state index contributed by atoms with van der Waals surface area (Å²) < 4.78 is 31.4. The molecule has 3 nitrogen and oxygen atoms in total. The highest BCUT2D eigenvalue weighted by Crippen LogP contribution is 2.22. The van der Waals surface area contributed by atoms with Crippen molar-refractivity contribution in [1.82, 2.24) is 5.32 Å². The summed E-state index contributed by atoms with van der Waals surface area (Å²) >= 11 is 0. The fourth-order valence-electron chi connectivity index (χ4n) is 2.24. The van der Waals surface area contributed by atoms with Crippen molar-refractivity contribution in [1.29, 1.82) is 0 Å². The van der Waals surface area contributed by atoms with E-state index in [-0.39, 0.29) is 17.5 Å². The lowest BCUT2D eigenvalue weighted by Gasteiger charge is -2.09. The normalized spacial score (nSPS) is 10.3. The number of rotatable bonds is 5. The quantitative estimate of drug-likeness (QED) is 0.732. The van der Waals surface area contributed by atoms with E-state index in [0.717, 1.165) is 5.56 Å². The fourth-order valence-corrected chi connectivity index (χ4v) is 2.24. The lowest BCUT2D eigenvalue weighted by molar-refractivity contribution is 0.0951. The minimum absolute atomic E-state index is 0.287. The van der Waals surface area contributed by atoms with Crippen molar-refractivity contribution in [2.24, 2.45) is 0 Å². The summed E-state index contributed by atoms with van der Waals surface area (Å²) in [5.74, 6) is 0.102. The van der Waals surface area contributed by atoms with Crippen molar-refractivity contribution < 1.29 is 18.3 Å².